The van der Waals surface area contributed by atoms with Gasteiger partial charge in [0.25, 0.3) is 5.91 Å². The van der Waals surface area contributed by atoms with E-state index in [0.717, 1.165) is 16.8 Å². The van der Waals surface area contributed by atoms with Crippen molar-refractivity contribution in [3.05, 3.63) is 77.9 Å². The Morgan fingerprint density at radius 2 is 1.67 bits per heavy atom. The predicted octanol–water partition coefficient (Wildman–Crippen LogP) is 3.17. The molecule has 2 aromatic rings. The molecule has 0 aromatic heterocycles. The number of aliphatic hydroxyl groups excluding tert-OH is 1. The number of benzene rings is 2. The first-order chi connectivity index (χ1) is 20.2. The Morgan fingerprint density at radius 1 is 0.976 bits per heavy atom. The molecule has 2 aromatic carbocycles. The molecule has 4 heterocycles. The molecular weight excluding hydrogens is 534 g/mol. The molecule has 6 rings (SSSR count). The van der Waals surface area contributed by atoms with Crippen LogP contribution in [-0.2, 0) is 19.1 Å². The molecule has 2 saturated heterocycles. The number of nitrogens with zero attached hydrogens (tertiary/aromatic N) is 3. The van der Waals surface area contributed by atoms with Gasteiger partial charge in [-0.25, -0.2) is 0 Å². The van der Waals surface area contributed by atoms with Gasteiger partial charge in [0, 0.05) is 24.5 Å². The van der Waals surface area contributed by atoms with E-state index in [4.69, 9.17) is 9.47 Å². The quantitative estimate of drug-likeness (QED) is 0.535. The van der Waals surface area contributed by atoms with Gasteiger partial charge in [-0.05, 0) is 63.1 Å². The molecule has 4 aliphatic heterocycles. The van der Waals surface area contributed by atoms with Crippen LogP contribution in [0, 0.1) is 25.7 Å². The topological polar surface area (TPSA) is 99.6 Å². The maximum Gasteiger partial charge on any atom is 0.253 e. The normalized spacial score (nSPS) is 29.3. The van der Waals surface area contributed by atoms with Crippen molar-refractivity contribution < 1.29 is 29.0 Å². The molecule has 3 amide bonds. The lowest BCUT2D eigenvalue weighted by molar-refractivity contribution is -0.143. The van der Waals surface area contributed by atoms with Gasteiger partial charge in [-0.2, -0.15) is 0 Å². The van der Waals surface area contributed by atoms with Crippen LogP contribution in [0.25, 0.3) is 0 Å². The van der Waals surface area contributed by atoms with E-state index in [0.29, 0.717) is 31.1 Å². The van der Waals surface area contributed by atoms with E-state index in [1.807, 2.05) is 87.5 Å². The van der Waals surface area contributed by atoms with E-state index in [2.05, 4.69) is 0 Å². The van der Waals surface area contributed by atoms with Crippen LogP contribution in [0.5, 0.6) is 5.75 Å². The Hall–Kier alpha value is -3.95. The van der Waals surface area contributed by atoms with Crippen LogP contribution in [0.1, 0.15) is 25.0 Å². The van der Waals surface area contributed by atoms with E-state index < -0.39 is 35.6 Å². The maximum absolute atomic E-state index is 14.6. The van der Waals surface area contributed by atoms with Crippen molar-refractivity contribution in [1.82, 2.24) is 4.90 Å². The zero-order valence-corrected chi connectivity index (χ0v) is 24.4. The summed E-state index contributed by atoms with van der Waals surface area (Å²) in [5.41, 5.74) is 2.00. The average Bonchev–Trinajstić information content (AvgIpc) is 3.30. The number of hydrogen-bond acceptors (Lipinski definition) is 6. The van der Waals surface area contributed by atoms with Gasteiger partial charge >= 0.3 is 0 Å². The molecule has 2 fully saturated rings. The zero-order chi connectivity index (χ0) is 29.8. The molecule has 9 heteroatoms. The molecule has 1 unspecified atom stereocenters. The van der Waals surface area contributed by atoms with Crippen LogP contribution < -0.4 is 14.5 Å². The van der Waals surface area contributed by atoms with Crippen LogP contribution in [0.2, 0.25) is 0 Å². The van der Waals surface area contributed by atoms with Crippen molar-refractivity contribution in [2.45, 2.75) is 51.5 Å². The van der Waals surface area contributed by atoms with Crippen LogP contribution in [0.3, 0.4) is 0 Å². The Morgan fingerprint density at radius 3 is 2.33 bits per heavy atom. The third-order valence-electron chi connectivity index (χ3n) is 9.00. The molecule has 0 bridgehead atoms. The minimum Gasteiger partial charge on any atom is -0.494 e. The smallest absolute Gasteiger partial charge is 0.253 e. The number of ether oxygens (including phenoxy) is 2. The van der Waals surface area contributed by atoms with E-state index >= 15 is 0 Å². The lowest BCUT2D eigenvalue weighted by atomic mass is 9.77. The fraction of sp³-hybridized carbons (Fsp3) is 0.424. The monoisotopic (exact) mass is 571 g/mol. The molecule has 0 radical (unpaired) electrons. The number of carbonyl (C=O) groups is 3. The van der Waals surface area contributed by atoms with E-state index in [9.17, 15) is 19.5 Å². The predicted molar refractivity (Wildman–Crippen MR) is 158 cm³/mol. The lowest BCUT2D eigenvalue weighted by Crippen LogP contribution is -2.58. The average molecular weight is 572 g/mol. The van der Waals surface area contributed by atoms with Gasteiger partial charge < -0.3 is 29.3 Å². The fourth-order valence-corrected chi connectivity index (χ4v) is 7.19. The molecule has 9 nitrogen and oxygen atoms in total. The molecule has 220 valence electrons. The Kier molecular flexibility index (Phi) is 7.19. The summed E-state index contributed by atoms with van der Waals surface area (Å²) in [5, 5.41) is 10.2. The largest absolute Gasteiger partial charge is 0.494 e. The number of anilines is 2. The molecule has 42 heavy (non-hydrogen) atoms. The van der Waals surface area contributed by atoms with Crippen molar-refractivity contribution in [2.75, 3.05) is 36.1 Å². The number of aliphatic hydroxyl groups is 1. The fourth-order valence-electron chi connectivity index (χ4n) is 7.19. The number of aryl methyl sites for hydroxylation is 2. The highest BCUT2D eigenvalue weighted by Gasteiger charge is 2.72. The van der Waals surface area contributed by atoms with Gasteiger partial charge in [0.15, 0.2) is 0 Å². The number of rotatable bonds is 6. The number of likely N-dealkylation sites (tertiary alicyclic amines) is 1. The summed E-state index contributed by atoms with van der Waals surface area (Å²) < 4.78 is 12.3. The minimum absolute atomic E-state index is 0.238. The van der Waals surface area contributed by atoms with Crippen LogP contribution in [-0.4, -0.2) is 77.8 Å². The second kappa shape index (κ2) is 10.7. The summed E-state index contributed by atoms with van der Waals surface area (Å²) in [6, 6.07) is 11.5. The van der Waals surface area contributed by atoms with Gasteiger partial charge in [0.1, 0.15) is 17.4 Å². The number of para-hydroxylation sites is 1. The second-order valence-electron chi connectivity index (χ2n) is 11.5. The van der Waals surface area contributed by atoms with Gasteiger partial charge in [-0.1, -0.05) is 42.5 Å². The van der Waals surface area contributed by atoms with Gasteiger partial charge in [0.2, 0.25) is 11.8 Å². The van der Waals surface area contributed by atoms with Gasteiger partial charge in [0.05, 0.1) is 37.2 Å². The standard InChI is InChI=1S/C33H37N3O6/c1-5-41-24-14-12-23(13-15-24)34-17-7-11-25-26(30(34)38)27-31(39)36(22(4)19-37)29-32(40)35(18-8-16-33(27,29)42-25)28-20(2)9-6-10-21(28)3/h6-16,22,25-27,29,37H,5,17-19H2,1-4H3/t22-,25+,26-,27+,29?,33+/m1/s1. The van der Waals surface area contributed by atoms with Crippen molar-refractivity contribution >= 4 is 29.1 Å². The molecule has 4 aliphatic rings. The Labute approximate surface area is 246 Å². The lowest BCUT2D eigenvalue weighted by Gasteiger charge is -2.38. The number of hydrogen-bond donors (Lipinski definition) is 1. The van der Waals surface area contributed by atoms with Crippen LogP contribution >= 0.6 is 0 Å². The highest BCUT2D eigenvalue weighted by molar-refractivity contribution is 6.08. The Bertz CT molecular complexity index is 1450. The molecular formula is C33H37N3O6. The van der Waals surface area contributed by atoms with E-state index in [1.54, 1.807) is 16.7 Å². The van der Waals surface area contributed by atoms with Gasteiger partial charge in [-0.15, -0.1) is 0 Å². The number of amides is 3. The van der Waals surface area contributed by atoms with Crippen molar-refractivity contribution in [2.24, 2.45) is 11.8 Å². The summed E-state index contributed by atoms with van der Waals surface area (Å²) in [7, 11) is 0. The Balaban J connectivity index is 1.43. The summed E-state index contributed by atoms with van der Waals surface area (Å²) in [6.45, 7) is 8.38. The first kappa shape index (κ1) is 28.2. The second-order valence-corrected chi connectivity index (χ2v) is 11.5. The third kappa shape index (κ3) is 4.17. The summed E-state index contributed by atoms with van der Waals surface area (Å²) >= 11 is 0. The molecule has 0 saturated carbocycles. The molecule has 1 spiro atoms. The number of carbonyl (C=O) groups excluding carboxylic acids is 3. The van der Waals surface area contributed by atoms with Crippen LogP contribution in [0.4, 0.5) is 11.4 Å². The highest BCUT2D eigenvalue weighted by atomic mass is 16.5. The van der Waals surface area contributed by atoms with E-state index in [1.165, 1.54) is 4.90 Å². The molecule has 0 aliphatic carbocycles. The molecule has 6 atom stereocenters. The van der Waals surface area contributed by atoms with Crippen molar-refractivity contribution in [3.63, 3.8) is 0 Å². The molecule has 1 N–H and O–H groups in total. The number of fused-ring (bicyclic) bond motifs is 2. The van der Waals surface area contributed by atoms with Crippen LogP contribution in [0.15, 0.2) is 66.8 Å². The summed E-state index contributed by atoms with van der Waals surface area (Å²) in [4.78, 5) is 48.1. The zero-order valence-electron chi connectivity index (χ0n) is 24.4. The van der Waals surface area contributed by atoms with Crippen molar-refractivity contribution in [3.8, 4) is 5.75 Å². The highest BCUT2D eigenvalue weighted by Crippen LogP contribution is 2.54. The van der Waals surface area contributed by atoms with E-state index in [-0.39, 0.29) is 24.3 Å². The third-order valence-corrected chi connectivity index (χ3v) is 9.00. The summed E-state index contributed by atoms with van der Waals surface area (Å²) in [5.74, 6) is -1.95. The first-order valence-electron chi connectivity index (χ1n) is 14.6. The van der Waals surface area contributed by atoms with Crippen molar-refractivity contribution in [1.29, 1.82) is 0 Å². The minimum atomic E-state index is -1.36. The first-order valence-corrected chi connectivity index (χ1v) is 14.6. The summed E-state index contributed by atoms with van der Waals surface area (Å²) in [6.07, 6.45) is 6.75. The maximum atomic E-state index is 14.6. The van der Waals surface area contributed by atoms with Gasteiger partial charge in [-0.3, -0.25) is 14.4 Å². The SMILES string of the molecule is CCOc1ccc(N2CC=C[C@@H]3O[C@]45C=CCN(c6c(C)cccc6C)C(=O)C4N([C@H](C)CO)C(=O)[C@@H]5[C@@H]3C2=O)cc1.